The Labute approximate surface area is 248 Å². The molecule has 1 unspecified atom stereocenters. The van der Waals surface area contributed by atoms with Crippen LogP contribution < -0.4 is 16.4 Å². The van der Waals surface area contributed by atoms with Gasteiger partial charge in [0.25, 0.3) is 5.91 Å². The van der Waals surface area contributed by atoms with Gasteiger partial charge >= 0.3 is 6.09 Å². The molecule has 1 aliphatic carbocycles. The summed E-state index contributed by atoms with van der Waals surface area (Å²) < 4.78 is 1.48. The molecule has 42 heavy (non-hydrogen) atoms. The average molecular weight is 608 g/mol. The van der Waals surface area contributed by atoms with Crippen molar-refractivity contribution in [3.8, 4) is 0 Å². The number of nitrogens with one attached hydrogen (secondary N) is 2. The summed E-state index contributed by atoms with van der Waals surface area (Å²) in [5.74, 6) is -1.97. The molecule has 4 rings (SSSR count). The van der Waals surface area contributed by atoms with Gasteiger partial charge in [0.05, 0.1) is 17.9 Å². The summed E-state index contributed by atoms with van der Waals surface area (Å²) in [6.45, 7) is 3.14. The molecule has 14 nitrogen and oxygen atoms in total. The number of primary amides is 1. The molecule has 4 amide bonds. The third kappa shape index (κ3) is 7.05. The van der Waals surface area contributed by atoms with E-state index in [0.717, 1.165) is 32.1 Å². The molecule has 3 aliphatic rings. The number of nitrogens with zero attached hydrogens (tertiary/aromatic N) is 4. The number of carboxylic acid groups (broad SMARTS) is 1. The molecular formula is C27H41N7O7S. The van der Waals surface area contributed by atoms with Crippen LogP contribution in [0.2, 0.25) is 0 Å². The lowest BCUT2D eigenvalue weighted by molar-refractivity contribution is -0.145. The zero-order valence-corrected chi connectivity index (χ0v) is 24.9. The van der Waals surface area contributed by atoms with Gasteiger partial charge in [-0.25, -0.2) is 9.48 Å². The summed E-state index contributed by atoms with van der Waals surface area (Å²) in [5, 5.41) is 33.5. The first-order valence-corrected chi connectivity index (χ1v) is 15.6. The number of hydrogen-bond donors (Lipinski definition) is 5. The fraction of sp³-hybridized carbons (Fsp3) is 0.741. The molecule has 1 saturated carbocycles. The van der Waals surface area contributed by atoms with Crippen LogP contribution in [0, 0.1) is 5.92 Å². The molecule has 0 bridgehead atoms. The Morgan fingerprint density at radius 2 is 1.83 bits per heavy atom. The lowest BCUT2D eigenvalue weighted by Crippen LogP contribution is -2.63. The minimum absolute atomic E-state index is 0.00154. The fourth-order valence-corrected chi connectivity index (χ4v) is 7.63. The second kappa shape index (κ2) is 13.0. The van der Waals surface area contributed by atoms with Crippen molar-refractivity contribution in [3.63, 3.8) is 0 Å². The minimum Gasteiger partial charge on any atom is -0.465 e. The number of amides is 4. The Hall–Kier alpha value is -3.20. The molecular weight excluding hydrogens is 566 g/mol. The summed E-state index contributed by atoms with van der Waals surface area (Å²) in [7, 11) is 0. The summed E-state index contributed by atoms with van der Waals surface area (Å²) in [6.07, 6.45) is 5.78. The van der Waals surface area contributed by atoms with Gasteiger partial charge in [0.15, 0.2) is 0 Å². The van der Waals surface area contributed by atoms with Crippen LogP contribution in [-0.2, 0) is 24.8 Å². The Bertz CT molecular complexity index is 1190. The molecule has 3 fully saturated rings. The molecule has 3 heterocycles. The van der Waals surface area contributed by atoms with Gasteiger partial charge in [0, 0.05) is 13.0 Å². The van der Waals surface area contributed by atoms with E-state index in [2.05, 4.69) is 20.9 Å². The van der Waals surface area contributed by atoms with Crippen LogP contribution in [0.5, 0.6) is 0 Å². The van der Waals surface area contributed by atoms with Gasteiger partial charge in [0.1, 0.15) is 23.2 Å². The second-order valence-electron chi connectivity index (χ2n) is 12.1. The molecule has 3 atom stereocenters. The highest BCUT2D eigenvalue weighted by Crippen LogP contribution is 2.35. The van der Waals surface area contributed by atoms with Gasteiger partial charge in [-0.1, -0.05) is 37.3 Å². The third-order valence-corrected chi connectivity index (χ3v) is 9.65. The van der Waals surface area contributed by atoms with E-state index >= 15 is 0 Å². The van der Waals surface area contributed by atoms with Crippen LogP contribution in [0.25, 0.3) is 0 Å². The molecule has 232 valence electrons. The van der Waals surface area contributed by atoms with Crippen LogP contribution in [0.4, 0.5) is 4.79 Å². The Balaban J connectivity index is 1.66. The Morgan fingerprint density at radius 3 is 2.43 bits per heavy atom. The van der Waals surface area contributed by atoms with Gasteiger partial charge in [-0.15, -0.1) is 5.10 Å². The van der Waals surface area contributed by atoms with E-state index in [0.29, 0.717) is 23.6 Å². The van der Waals surface area contributed by atoms with Crippen molar-refractivity contribution in [2.45, 2.75) is 101 Å². The van der Waals surface area contributed by atoms with E-state index in [4.69, 9.17) is 5.73 Å². The Kier molecular flexibility index (Phi) is 9.81. The van der Waals surface area contributed by atoms with E-state index in [1.807, 2.05) is 0 Å². The maximum atomic E-state index is 14.1. The number of carbonyl (C=O) groups is 5. The van der Waals surface area contributed by atoms with Gasteiger partial charge in [-0.3, -0.25) is 19.2 Å². The largest absolute Gasteiger partial charge is 0.465 e. The zero-order valence-electron chi connectivity index (χ0n) is 24.1. The highest BCUT2D eigenvalue weighted by atomic mass is 32.2. The van der Waals surface area contributed by atoms with Crippen molar-refractivity contribution in [2.24, 2.45) is 11.7 Å². The van der Waals surface area contributed by atoms with E-state index in [9.17, 15) is 34.2 Å². The standard InChI is InChI=1S/C27H41N7O7S/c1-26(2,41)20-14-29-32-34(20)17-13-19(23(37)31-27(21(35)22(28)36)8-10-42-11-9-27)33(15-17)24(38)18(30-25(39)40)12-16-6-4-3-5-7-16/h14,16-19,30,41H,3-13,15H2,1-2H3,(H2,28,36)(H,31,37)(H,39,40)/t17-,18?,19-/m0/s1. The molecule has 0 spiro atoms. The van der Waals surface area contributed by atoms with Crippen LogP contribution in [0.1, 0.15) is 83.4 Å². The zero-order chi connectivity index (χ0) is 30.7. The van der Waals surface area contributed by atoms with E-state index in [1.54, 1.807) is 25.6 Å². The highest BCUT2D eigenvalue weighted by Gasteiger charge is 2.49. The third-order valence-electron chi connectivity index (χ3n) is 8.67. The number of aromatic nitrogens is 3. The molecule has 2 saturated heterocycles. The number of ketones is 1. The molecule has 1 aromatic rings. The van der Waals surface area contributed by atoms with Crippen LogP contribution >= 0.6 is 11.8 Å². The normalized spacial score (nSPS) is 23.6. The first-order valence-electron chi connectivity index (χ1n) is 14.5. The minimum atomic E-state index is -1.48. The lowest BCUT2D eigenvalue weighted by Gasteiger charge is -2.37. The van der Waals surface area contributed by atoms with Gasteiger partial charge in [-0.2, -0.15) is 11.8 Å². The van der Waals surface area contributed by atoms with Crippen molar-refractivity contribution >= 4 is 41.4 Å². The van der Waals surface area contributed by atoms with E-state index < -0.39 is 58.9 Å². The quantitative estimate of drug-likeness (QED) is 0.235. The topological polar surface area (TPSA) is 210 Å². The highest BCUT2D eigenvalue weighted by molar-refractivity contribution is 7.99. The van der Waals surface area contributed by atoms with Crippen molar-refractivity contribution in [1.82, 2.24) is 30.5 Å². The molecule has 1 aromatic heterocycles. The number of nitrogens with two attached hydrogens (primary N) is 1. The summed E-state index contributed by atoms with van der Waals surface area (Å²) in [6, 6.07) is -2.74. The average Bonchev–Trinajstić information content (AvgIpc) is 3.61. The molecule has 2 aliphatic heterocycles. The smallest absolute Gasteiger partial charge is 0.405 e. The number of hydrogen-bond acceptors (Lipinski definition) is 9. The first-order chi connectivity index (χ1) is 19.8. The number of thioether (sulfide) groups is 1. The summed E-state index contributed by atoms with van der Waals surface area (Å²) in [4.78, 5) is 66.0. The fourth-order valence-electron chi connectivity index (χ4n) is 6.45. The van der Waals surface area contributed by atoms with Crippen molar-refractivity contribution in [2.75, 3.05) is 18.1 Å². The lowest BCUT2D eigenvalue weighted by atomic mass is 9.84. The Morgan fingerprint density at radius 1 is 1.17 bits per heavy atom. The molecule has 6 N–H and O–H groups in total. The van der Waals surface area contributed by atoms with Crippen molar-refractivity contribution < 1.29 is 34.2 Å². The number of rotatable bonds is 10. The maximum Gasteiger partial charge on any atom is 0.405 e. The predicted octanol–water partition coefficient (Wildman–Crippen LogP) is 0.691. The van der Waals surface area contributed by atoms with Gasteiger partial charge in [-0.05, 0) is 50.5 Å². The SMILES string of the molecule is CC(C)(O)c1cnnn1[C@H]1C[C@@H](C(=O)NC2(C(=O)C(N)=O)CCSCC2)N(C(=O)C(CC2CCCCC2)NC(=O)O)C1. The van der Waals surface area contributed by atoms with Gasteiger partial charge in [0.2, 0.25) is 17.6 Å². The van der Waals surface area contributed by atoms with E-state index in [1.165, 1.54) is 15.8 Å². The number of aliphatic hydroxyl groups is 1. The van der Waals surface area contributed by atoms with Gasteiger partial charge < -0.3 is 31.5 Å². The van der Waals surface area contributed by atoms with E-state index in [-0.39, 0.29) is 31.7 Å². The number of likely N-dealkylation sites (tertiary alicyclic amines) is 1. The van der Waals surface area contributed by atoms with Crippen LogP contribution in [0.15, 0.2) is 6.20 Å². The number of Topliss-reactive ketones (excluding diaryl/α,β-unsaturated/α-hetero) is 1. The number of carbonyl (C=O) groups excluding carboxylic acids is 4. The van der Waals surface area contributed by atoms with Crippen LogP contribution in [-0.4, -0.2) is 95.4 Å². The van der Waals surface area contributed by atoms with Crippen LogP contribution in [0.3, 0.4) is 0 Å². The van der Waals surface area contributed by atoms with Crippen molar-refractivity contribution in [3.05, 3.63) is 11.9 Å². The predicted molar refractivity (Wildman–Crippen MR) is 152 cm³/mol. The van der Waals surface area contributed by atoms with Crippen molar-refractivity contribution in [1.29, 1.82) is 0 Å². The molecule has 0 aromatic carbocycles. The second-order valence-corrected chi connectivity index (χ2v) is 13.4. The molecule has 0 radical (unpaired) electrons. The monoisotopic (exact) mass is 607 g/mol. The summed E-state index contributed by atoms with van der Waals surface area (Å²) >= 11 is 1.59. The maximum absolute atomic E-state index is 14.1. The summed E-state index contributed by atoms with van der Waals surface area (Å²) in [5.41, 5.74) is 2.95. The first kappa shape index (κ1) is 31.7. The molecule has 15 heteroatoms.